The molecule has 2 saturated heterocycles. The molecule has 2 amide bonds. The summed E-state index contributed by atoms with van der Waals surface area (Å²) in [5.41, 5.74) is 6.12. The topological polar surface area (TPSA) is 145 Å². The predicted octanol–water partition coefficient (Wildman–Crippen LogP) is 1.14. The molecule has 0 spiro atoms. The first-order chi connectivity index (χ1) is 15.9. The Hall–Kier alpha value is -2.99. The average molecular weight is 488 g/mol. The minimum Gasteiger partial charge on any atom is -0.440 e. The van der Waals surface area contributed by atoms with E-state index in [-0.39, 0.29) is 24.0 Å². The largest absolute Gasteiger partial charge is 0.440 e. The molecule has 11 nitrogen and oxygen atoms in total. The van der Waals surface area contributed by atoms with Crippen molar-refractivity contribution >= 4 is 29.5 Å². The number of thioether (sulfide) groups is 1. The normalized spacial score (nSPS) is 24.2. The van der Waals surface area contributed by atoms with Crippen molar-refractivity contribution in [3.05, 3.63) is 41.7 Å². The maximum atomic E-state index is 13.0. The number of β-lactam (4-membered cyclic amide) rings is 1. The maximum Gasteiger partial charge on any atom is 0.313 e. The van der Waals surface area contributed by atoms with Gasteiger partial charge in [0.05, 0.1) is 5.41 Å². The molecule has 0 aliphatic carbocycles. The summed E-state index contributed by atoms with van der Waals surface area (Å²) < 4.78 is 4.80. The molecule has 0 bridgehead atoms. The molecule has 3 heterocycles. The van der Waals surface area contributed by atoms with Gasteiger partial charge in [-0.3, -0.25) is 14.4 Å². The van der Waals surface area contributed by atoms with Crippen LogP contribution in [0.25, 0.3) is 0 Å². The van der Waals surface area contributed by atoms with Crippen molar-refractivity contribution in [2.75, 3.05) is 0 Å². The molecular formula is C22H29N7O4S. The highest BCUT2D eigenvalue weighted by Crippen LogP contribution is 2.56. The fraction of sp³-hybridized carbons (Fsp3) is 0.545. The smallest absolute Gasteiger partial charge is 0.313 e. The van der Waals surface area contributed by atoms with Crippen LogP contribution in [0.15, 0.2) is 30.3 Å². The number of tetrazole rings is 1. The van der Waals surface area contributed by atoms with E-state index in [1.807, 2.05) is 32.0 Å². The number of carbonyl (C=O) groups is 3. The lowest BCUT2D eigenvalue weighted by Gasteiger charge is -2.44. The van der Waals surface area contributed by atoms with Crippen LogP contribution in [0.3, 0.4) is 0 Å². The third kappa shape index (κ3) is 4.39. The van der Waals surface area contributed by atoms with Crippen LogP contribution in [0.5, 0.6) is 0 Å². The van der Waals surface area contributed by atoms with Crippen LogP contribution in [-0.4, -0.2) is 59.1 Å². The Labute approximate surface area is 201 Å². The molecule has 3 N–H and O–H groups in total. The molecule has 12 heteroatoms. The zero-order chi connectivity index (χ0) is 24.8. The Morgan fingerprint density at radius 2 is 1.94 bits per heavy atom. The van der Waals surface area contributed by atoms with Gasteiger partial charge in [-0.15, -0.1) is 26.8 Å². The van der Waals surface area contributed by atoms with E-state index in [0.29, 0.717) is 11.4 Å². The van der Waals surface area contributed by atoms with Gasteiger partial charge in [-0.1, -0.05) is 30.3 Å². The monoisotopic (exact) mass is 487 g/mol. The Morgan fingerprint density at radius 1 is 1.26 bits per heavy atom. The molecule has 4 rings (SSSR count). The van der Waals surface area contributed by atoms with Crippen molar-refractivity contribution in [3.63, 3.8) is 0 Å². The molecule has 3 unspecified atom stereocenters. The van der Waals surface area contributed by atoms with Crippen molar-refractivity contribution in [2.24, 2.45) is 11.1 Å². The van der Waals surface area contributed by atoms with E-state index in [1.54, 1.807) is 49.6 Å². The lowest BCUT2D eigenvalue weighted by molar-refractivity contribution is -0.158. The molecule has 34 heavy (non-hydrogen) atoms. The number of benzene rings is 1. The van der Waals surface area contributed by atoms with E-state index in [2.05, 4.69) is 20.7 Å². The van der Waals surface area contributed by atoms with Gasteiger partial charge in [-0.2, -0.15) is 0 Å². The molecular weight excluding hydrogens is 458 g/mol. The van der Waals surface area contributed by atoms with Crippen LogP contribution >= 0.6 is 11.8 Å². The molecule has 2 aliphatic rings. The SMILES string of the molecule is CC(C)(C)C(=O)OCn1nnc(C2N3C(=O)C(NC(=O)C(N)c4ccccc4)[C@@H]3SC2(C)C)n1. The lowest BCUT2D eigenvalue weighted by Crippen LogP contribution is -2.68. The van der Waals surface area contributed by atoms with Gasteiger partial charge >= 0.3 is 5.97 Å². The van der Waals surface area contributed by atoms with Gasteiger partial charge in [0.25, 0.3) is 0 Å². The lowest BCUT2D eigenvalue weighted by atomic mass is 9.95. The number of ether oxygens (including phenoxy) is 1. The Balaban J connectivity index is 1.43. The van der Waals surface area contributed by atoms with Crippen molar-refractivity contribution in [3.8, 4) is 0 Å². The summed E-state index contributed by atoms with van der Waals surface area (Å²) in [4.78, 5) is 40.6. The second-order valence-corrected chi connectivity index (χ2v) is 11.7. The van der Waals surface area contributed by atoms with E-state index < -0.39 is 34.2 Å². The van der Waals surface area contributed by atoms with Crippen molar-refractivity contribution < 1.29 is 19.1 Å². The number of nitrogens with zero attached hydrogens (tertiary/aromatic N) is 5. The van der Waals surface area contributed by atoms with Gasteiger partial charge in [-0.05, 0) is 45.4 Å². The Morgan fingerprint density at radius 3 is 2.59 bits per heavy atom. The van der Waals surface area contributed by atoms with Gasteiger partial charge in [0.2, 0.25) is 18.5 Å². The second kappa shape index (κ2) is 8.66. The first-order valence-corrected chi connectivity index (χ1v) is 11.8. The minimum atomic E-state index is -0.865. The van der Waals surface area contributed by atoms with Gasteiger partial charge < -0.3 is 20.7 Å². The number of amides is 2. The number of rotatable bonds is 6. The highest BCUT2D eigenvalue weighted by atomic mass is 32.2. The number of fused-ring (bicyclic) bond motifs is 1. The Bertz CT molecular complexity index is 1100. The number of nitrogens with one attached hydrogen (secondary N) is 1. The molecule has 0 radical (unpaired) electrons. The van der Waals surface area contributed by atoms with Crippen molar-refractivity contribution in [1.29, 1.82) is 0 Å². The third-order valence-corrected chi connectivity index (χ3v) is 7.39. The average Bonchev–Trinajstić information content (AvgIpc) is 3.34. The summed E-state index contributed by atoms with van der Waals surface area (Å²) in [6.45, 7) is 9.07. The molecule has 4 atom stereocenters. The summed E-state index contributed by atoms with van der Waals surface area (Å²) in [5, 5.41) is 15.0. The van der Waals surface area contributed by atoms with Gasteiger partial charge in [-0.25, -0.2) is 0 Å². The van der Waals surface area contributed by atoms with Crippen LogP contribution < -0.4 is 11.1 Å². The molecule has 1 aromatic carbocycles. The summed E-state index contributed by atoms with van der Waals surface area (Å²) in [7, 11) is 0. The van der Waals surface area contributed by atoms with Gasteiger partial charge in [0.1, 0.15) is 23.5 Å². The zero-order valence-electron chi connectivity index (χ0n) is 19.8. The van der Waals surface area contributed by atoms with Crippen LogP contribution in [0.4, 0.5) is 0 Å². The van der Waals surface area contributed by atoms with Gasteiger partial charge in [0, 0.05) is 4.75 Å². The maximum absolute atomic E-state index is 13.0. The van der Waals surface area contributed by atoms with Crippen LogP contribution in [0, 0.1) is 5.41 Å². The molecule has 182 valence electrons. The van der Waals surface area contributed by atoms with E-state index in [1.165, 1.54) is 4.80 Å². The molecule has 2 aliphatic heterocycles. The van der Waals surface area contributed by atoms with Crippen LogP contribution in [0.1, 0.15) is 58.1 Å². The number of carbonyl (C=O) groups excluding carboxylic acids is 3. The molecule has 2 aromatic rings. The highest BCUT2D eigenvalue weighted by molar-refractivity contribution is 8.01. The highest BCUT2D eigenvalue weighted by Gasteiger charge is 2.63. The van der Waals surface area contributed by atoms with Crippen molar-refractivity contribution in [2.45, 2.75) is 69.6 Å². The molecule has 1 aromatic heterocycles. The van der Waals surface area contributed by atoms with Crippen molar-refractivity contribution in [1.82, 2.24) is 30.4 Å². The molecule has 0 saturated carbocycles. The van der Waals surface area contributed by atoms with Crippen LogP contribution in [0.2, 0.25) is 0 Å². The minimum absolute atomic E-state index is 0.170. The zero-order valence-corrected chi connectivity index (χ0v) is 20.6. The third-order valence-electron chi connectivity index (χ3n) is 5.82. The second-order valence-electron chi connectivity index (χ2n) is 9.97. The number of esters is 1. The molecule has 2 fully saturated rings. The van der Waals surface area contributed by atoms with E-state index in [4.69, 9.17) is 10.5 Å². The fourth-order valence-corrected chi connectivity index (χ4v) is 5.60. The summed E-state index contributed by atoms with van der Waals surface area (Å²) >= 11 is 1.56. The van der Waals surface area contributed by atoms with E-state index >= 15 is 0 Å². The van der Waals surface area contributed by atoms with Gasteiger partial charge in [0.15, 0.2) is 5.82 Å². The number of aromatic nitrogens is 4. The number of nitrogens with two attached hydrogens (primary N) is 1. The van der Waals surface area contributed by atoms with Crippen LogP contribution in [-0.2, 0) is 25.9 Å². The first-order valence-electron chi connectivity index (χ1n) is 11.0. The summed E-state index contributed by atoms with van der Waals surface area (Å²) in [6.07, 6.45) is 0. The summed E-state index contributed by atoms with van der Waals surface area (Å²) in [5.74, 6) is -0.660. The fourth-order valence-electron chi connectivity index (χ4n) is 3.97. The number of hydrogen-bond acceptors (Lipinski definition) is 9. The van der Waals surface area contributed by atoms with E-state index in [0.717, 1.165) is 0 Å². The number of hydrogen-bond donors (Lipinski definition) is 2. The Kier molecular flexibility index (Phi) is 6.15. The predicted molar refractivity (Wildman–Crippen MR) is 124 cm³/mol. The quantitative estimate of drug-likeness (QED) is 0.452. The first kappa shape index (κ1) is 24.1. The van der Waals surface area contributed by atoms with E-state index in [9.17, 15) is 14.4 Å². The summed E-state index contributed by atoms with van der Waals surface area (Å²) in [6, 6.07) is 7.02. The standard InChI is InChI=1S/C22H29N7O4S/c1-21(2,3)20(32)33-11-28-26-16(25-27-28)15-22(4,5)34-19-14(18(31)29(15)19)24-17(30)13(23)12-9-7-6-8-10-12/h6-10,13-15,19H,11,23H2,1-5H3,(H,24,30)/t13?,14?,15?,19-/m0/s1.